The zero-order valence-corrected chi connectivity index (χ0v) is 15.1. The summed E-state index contributed by atoms with van der Waals surface area (Å²) >= 11 is 5.42. The number of aromatic hydroxyl groups is 5. The molecule has 0 aliphatic heterocycles. The highest BCUT2D eigenvalue weighted by molar-refractivity contribution is 6.32. The van der Waals surface area contributed by atoms with Crippen LogP contribution in [0.3, 0.4) is 0 Å². The van der Waals surface area contributed by atoms with Gasteiger partial charge in [0.1, 0.15) is 28.7 Å². The molecule has 26 heavy (non-hydrogen) atoms. The molecule has 5 N–H and O–H groups in total. The van der Waals surface area contributed by atoms with Crippen LogP contribution in [-0.2, 0) is 0 Å². The van der Waals surface area contributed by atoms with E-state index in [-0.39, 0.29) is 28.0 Å². The first kappa shape index (κ1) is 21.0. The Morgan fingerprint density at radius 3 is 1.54 bits per heavy atom. The maximum absolute atomic E-state index is 9.10. The third-order valence-corrected chi connectivity index (χ3v) is 3.66. The van der Waals surface area contributed by atoms with Gasteiger partial charge in [-0.05, 0) is 55.3 Å². The molecule has 0 fully saturated rings. The minimum Gasteiger partial charge on any atom is -0.508 e. The molecule has 0 aromatic heterocycles. The first-order valence-electron chi connectivity index (χ1n) is 7.61. The van der Waals surface area contributed by atoms with Crippen molar-refractivity contribution in [1.29, 1.82) is 0 Å². The predicted molar refractivity (Wildman–Crippen MR) is 102 cm³/mol. The van der Waals surface area contributed by atoms with Gasteiger partial charge in [0.05, 0.1) is 5.02 Å². The van der Waals surface area contributed by atoms with Crippen LogP contribution < -0.4 is 0 Å². The summed E-state index contributed by atoms with van der Waals surface area (Å²) in [7, 11) is 0. The maximum atomic E-state index is 9.10. The Balaban J connectivity index is 0.000000195. The van der Waals surface area contributed by atoms with Crippen LogP contribution in [0.15, 0.2) is 60.7 Å². The van der Waals surface area contributed by atoms with Crippen molar-refractivity contribution in [3.05, 3.63) is 76.8 Å². The van der Waals surface area contributed by atoms with Crippen LogP contribution in [0.2, 0.25) is 5.02 Å². The van der Waals surface area contributed by atoms with Crippen LogP contribution in [0.4, 0.5) is 0 Å². The molecule has 3 rings (SSSR count). The molecular formula is C20H21ClO5. The molecule has 0 aliphatic carbocycles. The standard InChI is InChI=1S/C8H10O.C6H5ClO2.C6H6O2/c1-6-4-3-5-8(9)7(6)2;7-5-2-1-4(8)3-6(5)9;7-5-2-1-3-6(8)4-5/h3-5,9H,1-2H3;1-3,8-9H;1-4,7-8H. The third kappa shape index (κ3) is 7.23. The van der Waals surface area contributed by atoms with Gasteiger partial charge in [0, 0.05) is 12.1 Å². The molecule has 0 aliphatic rings. The number of hydrogen-bond donors (Lipinski definition) is 5. The fourth-order valence-electron chi connectivity index (χ4n) is 1.73. The van der Waals surface area contributed by atoms with Crippen LogP contribution in [0.5, 0.6) is 28.7 Å². The molecule has 3 aromatic carbocycles. The Morgan fingerprint density at radius 1 is 0.615 bits per heavy atom. The van der Waals surface area contributed by atoms with Crippen molar-refractivity contribution in [3.63, 3.8) is 0 Å². The van der Waals surface area contributed by atoms with Crippen molar-refractivity contribution in [2.45, 2.75) is 13.8 Å². The van der Waals surface area contributed by atoms with Gasteiger partial charge >= 0.3 is 0 Å². The van der Waals surface area contributed by atoms with E-state index in [9.17, 15) is 0 Å². The van der Waals surface area contributed by atoms with Crippen LogP contribution in [0.1, 0.15) is 11.1 Å². The molecule has 0 atom stereocenters. The van der Waals surface area contributed by atoms with Gasteiger partial charge in [0.25, 0.3) is 0 Å². The average Bonchev–Trinajstić information content (AvgIpc) is 2.57. The van der Waals surface area contributed by atoms with Crippen LogP contribution in [0.25, 0.3) is 0 Å². The summed E-state index contributed by atoms with van der Waals surface area (Å²) in [6, 6.07) is 15.4. The summed E-state index contributed by atoms with van der Waals surface area (Å²) in [5.74, 6) is 0.471. The van der Waals surface area contributed by atoms with Gasteiger partial charge in [0.15, 0.2) is 0 Å². The molecule has 5 nitrogen and oxygen atoms in total. The van der Waals surface area contributed by atoms with Gasteiger partial charge in [-0.3, -0.25) is 0 Å². The molecule has 0 radical (unpaired) electrons. The second kappa shape index (κ2) is 10.1. The average molecular weight is 377 g/mol. The summed E-state index contributed by atoms with van der Waals surface area (Å²) in [5.41, 5.74) is 2.10. The predicted octanol–water partition coefficient (Wildman–Crippen LogP) is 4.86. The number of rotatable bonds is 0. The van der Waals surface area contributed by atoms with E-state index in [0.717, 1.165) is 11.1 Å². The Morgan fingerprint density at radius 2 is 1.15 bits per heavy atom. The Kier molecular flexibility index (Phi) is 8.12. The topological polar surface area (TPSA) is 101 Å². The lowest BCUT2D eigenvalue weighted by atomic mass is 10.1. The van der Waals surface area contributed by atoms with E-state index < -0.39 is 0 Å². The number of benzene rings is 3. The highest BCUT2D eigenvalue weighted by Gasteiger charge is 1.96. The molecule has 0 heterocycles. The zero-order valence-electron chi connectivity index (χ0n) is 14.4. The molecule has 0 saturated carbocycles. The van der Waals surface area contributed by atoms with E-state index in [2.05, 4.69) is 0 Å². The number of phenols is 5. The van der Waals surface area contributed by atoms with Crippen molar-refractivity contribution in [2.75, 3.05) is 0 Å². The Hall–Kier alpha value is -3.05. The lowest BCUT2D eigenvalue weighted by Gasteiger charge is -1.99. The van der Waals surface area contributed by atoms with Crippen molar-refractivity contribution in [1.82, 2.24) is 0 Å². The number of halogens is 1. The van der Waals surface area contributed by atoms with Gasteiger partial charge in [-0.25, -0.2) is 0 Å². The molecule has 0 unspecified atom stereocenters. The molecule has 6 heteroatoms. The largest absolute Gasteiger partial charge is 0.508 e. The fourth-order valence-corrected chi connectivity index (χ4v) is 1.85. The van der Waals surface area contributed by atoms with Crippen molar-refractivity contribution < 1.29 is 25.5 Å². The van der Waals surface area contributed by atoms with Gasteiger partial charge in [-0.2, -0.15) is 0 Å². The van der Waals surface area contributed by atoms with Gasteiger partial charge in [0.2, 0.25) is 0 Å². The summed E-state index contributed by atoms with van der Waals surface area (Å²) in [6.07, 6.45) is 0. The molecule has 3 aromatic rings. The molecule has 0 spiro atoms. The quantitative estimate of drug-likeness (QED) is 0.386. The SMILES string of the molecule is Cc1cccc(O)c1C.Oc1ccc(Cl)c(O)c1.Oc1cccc(O)c1. The van der Waals surface area contributed by atoms with Crippen LogP contribution in [0, 0.1) is 13.8 Å². The lowest BCUT2D eigenvalue weighted by Crippen LogP contribution is -1.78. The van der Waals surface area contributed by atoms with E-state index in [1.165, 1.54) is 36.4 Å². The molecule has 0 amide bonds. The third-order valence-electron chi connectivity index (χ3n) is 3.34. The molecule has 138 valence electrons. The van der Waals surface area contributed by atoms with Gasteiger partial charge in [-0.15, -0.1) is 0 Å². The van der Waals surface area contributed by atoms with E-state index in [4.69, 9.17) is 37.1 Å². The zero-order chi connectivity index (χ0) is 19.7. The summed E-state index contributed by atoms with van der Waals surface area (Å²) in [6.45, 7) is 3.89. The number of aryl methyl sites for hydroxylation is 1. The lowest BCUT2D eigenvalue weighted by molar-refractivity contribution is 0.449. The smallest absolute Gasteiger partial charge is 0.137 e. The summed E-state index contributed by atoms with van der Waals surface area (Å²) < 4.78 is 0. The summed E-state index contributed by atoms with van der Waals surface area (Å²) in [5, 5.41) is 44.2. The van der Waals surface area contributed by atoms with Crippen molar-refractivity contribution >= 4 is 11.6 Å². The van der Waals surface area contributed by atoms with Crippen LogP contribution >= 0.6 is 11.6 Å². The molecular weight excluding hydrogens is 356 g/mol. The van der Waals surface area contributed by atoms with Crippen molar-refractivity contribution in [2.24, 2.45) is 0 Å². The Labute approximate surface area is 157 Å². The molecule has 0 saturated heterocycles. The van der Waals surface area contributed by atoms with E-state index in [1.807, 2.05) is 26.0 Å². The fraction of sp³-hybridized carbons (Fsp3) is 0.100. The highest BCUT2D eigenvalue weighted by Crippen LogP contribution is 2.26. The number of phenolic OH excluding ortho intramolecular Hbond substituents is 5. The van der Waals surface area contributed by atoms with E-state index in [0.29, 0.717) is 5.75 Å². The normalized spacial score (nSPS) is 9.35. The minimum atomic E-state index is -0.100. The van der Waals surface area contributed by atoms with Crippen LogP contribution in [-0.4, -0.2) is 25.5 Å². The van der Waals surface area contributed by atoms with E-state index in [1.54, 1.807) is 12.1 Å². The monoisotopic (exact) mass is 376 g/mol. The van der Waals surface area contributed by atoms with Gasteiger partial charge < -0.3 is 25.5 Å². The Bertz CT molecular complexity index is 812. The maximum Gasteiger partial charge on any atom is 0.137 e. The first-order valence-corrected chi connectivity index (χ1v) is 7.99. The second-order valence-corrected chi connectivity index (χ2v) is 5.78. The first-order chi connectivity index (χ1) is 12.2. The second-order valence-electron chi connectivity index (χ2n) is 5.37. The molecule has 0 bridgehead atoms. The minimum absolute atomic E-state index is 0.0110. The number of hydrogen-bond acceptors (Lipinski definition) is 5. The summed E-state index contributed by atoms with van der Waals surface area (Å²) in [4.78, 5) is 0. The van der Waals surface area contributed by atoms with Crippen molar-refractivity contribution in [3.8, 4) is 28.7 Å². The van der Waals surface area contributed by atoms with Gasteiger partial charge in [-0.1, -0.05) is 29.8 Å². The highest BCUT2D eigenvalue weighted by atomic mass is 35.5. The van der Waals surface area contributed by atoms with E-state index >= 15 is 0 Å².